The monoisotopic (exact) mass is 878 g/mol. The number of aliphatic hydroxyl groups is 1. The van der Waals surface area contributed by atoms with Crippen LogP contribution in [0.4, 0.5) is 11.6 Å². The number of ether oxygens (including phenoxy) is 3. The molecule has 10 rings (SSSR count). The van der Waals surface area contributed by atoms with Crippen LogP contribution in [0.1, 0.15) is 33.2 Å². The van der Waals surface area contributed by atoms with Crippen LogP contribution in [-0.2, 0) is 41.4 Å². The van der Waals surface area contributed by atoms with Crippen molar-refractivity contribution in [2.45, 2.75) is 48.6 Å². The van der Waals surface area contributed by atoms with Gasteiger partial charge in [-0.15, -0.1) is 0 Å². The van der Waals surface area contributed by atoms with Crippen molar-refractivity contribution in [3.05, 3.63) is 97.1 Å². The summed E-state index contributed by atoms with van der Waals surface area (Å²) in [6.45, 7) is -5.43. The van der Waals surface area contributed by atoms with E-state index >= 15 is 0 Å². The molecule has 4 aliphatic rings. The first-order valence-electron chi connectivity index (χ1n) is 18.3. The highest BCUT2D eigenvalue weighted by atomic mass is 32.7. The van der Waals surface area contributed by atoms with Crippen LogP contribution in [0, 0.1) is 0 Å². The zero-order valence-corrected chi connectivity index (χ0v) is 33.4. The lowest BCUT2D eigenvalue weighted by Crippen LogP contribution is -2.45. The summed E-state index contributed by atoms with van der Waals surface area (Å²) in [5.41, 5.74) is 0.130. The van der Waals surface area contributed by atoms with Crippen LogP contribution >= 0.6 is 27.3 Å². The molecule has 0 aliphatic carbocycles. The Morgan fingerprint density at radius 1 is 0.817 bits per heavy atom. The van der Waals surface area contributed by atoms with Crippen molar-refractivity contribution < 1.29 is 56.1 Å². The van der Waals surface area contributed by atoms with Gasteiger partial charge in [0, 0.05) is 11.1 Å². The SMILES string of the molecule is O=C(Nc1ncnc2c1ncn2[C@@H]1O[C@@H]2CO[P@](=O)(S)O[C@H]3[C@H]4OC[C@]3(CO[PH](=O)O[C@@H]1[C@@H]2O)O[C@H]4n1cnc2c(NC(=O)c3ccccc3)ncnc21)c1ccccc1. The van der Waals surface area contributed by atoms with E-state index in [-0.39, 0.29) is 40.6 Å². The molecule has 4 aliphatic heterocycles. The standard InChI is InChI=1S/C35H32N10O12P2S/c46-23-20-11-53-59(50,60)57-26-25-34(45-17-41-22-28(37-15-39-30(22)45)43-32(48)19-9-5-2-6-10-19)55-35(26,12-51-25)13-52-58(49)56-24(23)33(54-20)44-16-40-21-27(36-14-38-29(21)44)42-31(47)18-7-3-1-4-8-18/h1-10,14-17,20,23-26,33-34,46,58H,11-13H2,(H,50,60)(H,36,38,42,47)(H,37,39,43,48)/t20-,23-,24-,25-,26+,33-,34-,35-,59+/m1/s1. The molecule has 8 heterocycles. The van der Waals surface area contributed by atoms with Gasteiger partial charge in [-0.2, -0.15) is 0 Å². The molecule has 0 radical (unpaired) electrons. The molecule has 60 heavy (non-hydrogen) atoms. The van der Waals surface area contributed by atoms with Crippen LogP contribution < -0.4 is 10.6 Å². The van der Waals surface area contributed by atoms with Gasteiger partial charge in [0.05, 0.1) is 32.5 Å². The number of nitrogens with one attached hydrogen (secondary N) is 2. The molecule has 2 amide bonds. The third-order valence-corrected chi connectivity index (χ3v) is 12.8. The summed E-state index contributed by atoms with van der Waals surface area (Å²) < 4.78 is 72.8. The number of imidazole rings is 2. The van der Waals surface area contributed by atoms with Gasteiger partial charge in [0.25, 0.3) is 11.8 Å². The van der Waals surface area contributed by atoms with Gasteiger partial charge < -0.3 is 34.5 Å². The molecular weight excluding hydrogens is 846 g/mol. The number of hydrogen-bond donors (Lipinski definition) is 4. The second-order valence-corrected chi connectivity index (χ2v) is 17.9. The topological polar surface area (TPSA) is 264 Å². The van der Waals surface area contributed by atoms with Crippen molar-refractivity contribution in [1.29, 1.82) is 0 Å². The second-order valence-electron chi connectivity index (χ2n) is 14.0. The summed E-state index contributed by atoms with van der Waals surface area (Å²) >= 11 is 4.26. The van der Waals surface area contributed by atoms with Crippen molar-refractivity contribution in [2.75, 3.05) is 30.5 Å². The minimum absolute atomic E-state index is 0.0999. The molecule has 0 saturated carbocycles. The number of aromatic nitrogens is 8. The third kappa shape index (κ3) is 7.00. The molecule has 22 nitrogen and oxygen atoms in total. The van der Waals surface area contributed by atoms with Crippen molar-refractivity contribution >= 4 is 73.1 Å². The highest BCUT2D eigenvalue weighted by Crippen LogP contribution is 2.60. The Labute approximate surface area is 343 Å². The number of nitrogens with zero attached hydrogens (tertiary/aromatic N) is 8. The van der Waals surface area contributed by atoms with Crippen LogP contribution in [0.25, 0.3) is 22.3 Å². The number of benzene rings is 2. The molecule has 25 heteroatoms. The average molecular weight is 879 g/mol. The minimum atomic E-state index is -4.31. The number of rotatable bonds is 6. The van der Waals surface area contributed by atoms with E-state index in [1.807, 2.05) is 0 Å². The minimum Gasteiger partial charge on any atom is -0.387 e. The Bertz CT molecular complexity index is 2700. The summed E-state index contributed by atoms with van der Waals surface area (Å²) in [7, 11) is -3.48. The highest BCUT2D eigenvalue weighted by molar-refractivity contribution is 8.44. The number of carbonyl (C=O) groups is 2. The van der Waals surface area contributed by atoms with E-state index in [0.29, 0.717) is 11.1 Å². The summed E-state index contributed by atoms with van der Waals surface area (Å²) in [4.78, 5) is 51.8. The number of amides is 2. The van der Waals surface area contributed by atoms with E-state index in [4.69, 9.17) is 32.3 Å². The fourth-order valence-electron chi connectivity index (χ4n) is 7.55. The molecule has 4 bridgehead atoms. The molecular formula is C35H32N10O12P2S. The molecule has 1 unspecified atom stereocenters. The molecule has 310 valence electrons. The lowest BCUT2D eigenvalue weighted by Gasteiger charge is -2.31. The quantitative estimate of drug-likeness (QED) is 0.138. The van der Waals surface area contributed by atoms with E-state index in [0.717, 1.165) is 0 Å². The van der Waals surface area contributed by atoms with Gasteiger partial charge in [0.2, 0.25) is 0 Å². The molecule has 0 spiro atoms. The van der Waals surface area contributed by atoms with Gasteiger partial charge in [-0.25, -0.2) is 34.5 Å². The lowest BCUT2D eigenvalue weighted by atomic mass is 10.0. The first kappa shape index (κ1) is 39.1. The molecule has 4 saturated heterocycles. The molecule has 6 aromatic rings. The summed E-state index contributed by atoms with van der Waals surface area (Å²) in [5.74, 6) is -0.600. The molecule has 3 N–H and O–H groups in total. The molecule has 2 aromatic carbocycles. The predicted octanol–water partition coefficient (Wildman–Crippen LogP) is 3.34. The van der Waals surface area contributed by atoms with E-state index in [9.17, 15) is 23.8 Å². The normalized spacial score (nSPS) is 31.6. The highest BCUT2D eigenvalue weighted by Gasteiger charge is 2.65. The zero-order valence-electron chi connectivity index (χ0n) is 30.7. The maximum atomic E-state index is 13.9. The van der Waals surface area contributed by atoms with E-state index in [1.165, 1.54) is 34.4 Å². The number of aliphatic hydroxyl groups excluding tert-OH is 1. The van der Waals surface area contributed by atoms with Crippen molar-refractivity contribution in [3.63, 3.8) is 0 Å². The Balaban J connectivity index is 0.908. The predicted molar refractivity (Wildman–Crippen MR) is 209 cm³/mol. The molecule has 10 atom stereocenters. The van der Waals surface area contributed by atoms with Crippen LogP contribution in [0.5, 0.6) is 0 Å². The smallest absolute Gasteiger partial charge is 0.386 e. The van der Waals surface area contributed by atoms with Gasteiger partial charge in [0.15, 0.2) is 46.4 Å². The van der Waals surface area contributed by atoms with Crippen LogP contribution in [-0.4, -0.2) is 112 Å². The van der Waals surface area contributed by atoms with E-state index in [2.05, 4.69) is 52.8 Å². The van der Waals surface area contributed by atoms with E-state index in [1.54, 1.807) is 60.7 Å². The van der Waals surface area contributed by atoms with Crippen LogP contribution in [0.2, 0.25) is 0 Å². The summed E-state index contributed by atoms with van der Waals surface area (Å²) in [6, 6.07) is 17.1. The fourth-order valence-corrected chi connectivity index (χ4v) is 9.96. The van der Waals surface area contributed by atoms with Crippen molar-refractivity contribution in [2.24, 2.45) is 0 Å². The number of hydrogen-bond acceptors (Lipinski definition) is 18. The Hall–Kier alpha value is -5.03. The fraction of sp³-hybridized carbons (Fsp3) is 0.314. The number of fused-ring (bicyclic) bond motifs is 4. The van der Waals surface area contributed by atoms with Gasteiger partial charge in [-0.3, -0.25) is 36.9 Å². The third-order valence-electron chi connectivity index (χ3n) is 10.4. The van der Waals surface area contributed by atoms with Gasteiger partial charge in [-0.1, -0.05) is 48.6 Å². The van der Waals surface area contributed by atoms with Gasteiger partial charge in [-0.05, 0) is 24.3 Å². The van der Waals surface area contributed by atoms with Crippen molar-refractivity contribution in [1.82, 2.24) is 39.0 Å². The maximum Gasteiger partial charge on any atom is 0.386 e. The van der Waals surface area contributed by atoms with Crippen LogP contribution in [0.15, 0.2) is 86.0 Å². The number of carbonyl (C=O) groups excluding carboxylic acids is 2. The molecule has 4 aromatic heterocycles. The zero-order chi connectivity index (χ0) is 41.2. The van der Waals surface area contributed by atoms with E-state index < -0.39 is 88.7 Å². The molecule has 4 fully saturated rings. The maximum absolute atomic E-state index is 13.9. The lowest BCUT2D eigenvalue weighted by molar-refractivity contribution is -0.182. The Morgan fingerprint density at radius 2 is 1.40 bits per heavy atom. The second kappa shape index (κ2) is 15.5. The van der Waals surface area contributed by atoms with Crippen molar-refractivity contribution in [3.8, 4) is 0 Å². The number of thiol groups is 1. The van der Waals surface area contributed by atoms with Crippen LogP contribution in [0.3, 0.4) is 0 Å². The first-order valence-corrected chi connectivity index (χ1v) is 22.2. The largest absolute Gasteiger partial charge is 0.387 e. The average Bonchev–Trinajstić information content (AvgIpc) is 4.08. The summed E-state index contributed by atoms with van der Waals surface area (Å²) in [5, 5.41) is 16.9. The Kier molecular flexibility index (Phi) is 10.1. The first-order chi connectivity index (χ1) is 29.1. The van der Waals surface area contributed by atoms with Gasteiger partial charge in [0.1, 0.15) is 48.8 Å². The Morgan fingerprint density at radius 3 is 2.00 bits per heavy atom. The number of anilines is 2. The summed E-state index contributed by atoms with van der Waals surface area (Å²) in [6.07, 6.45) is -3.27. The van der Waals surface area contributed by atoms with Gasteiger partial charge >= 0.3 is 15.1 Å².